The number of benzene rings is 1. The predicted molar refractivity (Wildman–Crippen MR) is 74.8 cm³/mol. The van der Waals surface area contributed by atoms with Gasteiger partial charge in [0.05, 0.1) is 11.3 Å². The van der Waals surface area contributed by atoms with Crippen molar-refractivity contribution in [2.24, 2.45) is 0 Å². The van der Waals surface area contributed by atoms with E-state index < -0.39 is 0 Å². The number of nitrogens with zero attached hydrogens (tertiary/aromatic N) is 3. The molecule has 0 radical (unpaired) electrons. The molecule has 1 heterocycles. The van der Waals surface area contributed by atoms with Crippen LogP contribution >= 0.6 is 0 Å². The smallest absolute Gasteiger partial charge is 0.101 e. The maximum absolute atomic E-state index is 9.22. The average Bonchev–Trinajstić information content (AvgIpc) is 2.40. The Morgan fingerprint density at radius 3 is 2.56 bits per heavy atom. The van der Waals surface area contributed by atoms with Crippen LogP contribution in [0.2, 0.25) is 0 Å². The van der Waals surface area contributed by atoms with Crippen molar-refractivity contribution in [2.45, 2.75) is 20.3 Å². The zero-order valence-corrected chi connectivity index (χ0v) is 11.3. The van der Waals surface area contributed by atoms with E-state index in [2.05, 4.69) is 34.9 Å². The lowest BCUT2D eigenvalue weighted by atomic mass is 10.1. The van der Waals surface area contributed by atoms with Crippen LogP contribution in [0.4, 0.5) is 5.69 Å². The van der Waals surface area contributed by atoms with Gasteiger partial charge < -0.3 is 4.90 Å². The van der Waals surface area contributed by atoms with Gasteiger partial charge in [-0.25, -0.2) is 0 Å². The van der Waals surface area contributed by atoms with E-state index >= 15 is 0 Å². The summed E-state index contributed by atoms with van der Waals surface area (Å²) in [6, 6.07) is 8.47. The van der Waals surface area contributed by atoms with Crippen LogP contribution in [0, 0.1) is 18.3 Å². The monoisotopic (exact) mass is 243 g/mol. The van der Waals surface area contributed by atoms with Crippen LogP contribution in [0.25, 0.3) is 0 Å². The minimum absolute atomic E-state index is 0.805. The first-order valence-electron chi connectivity index (χ1n) is 6.72. The van der Waals surface area contributed by atoms with E-state index in [9.17, 15) is 5.26 Å². The minimum Gasteiger partial charge on any atom is -0.368 e. The van der Waals surface area contributed by atoms with Crippen LogP contribution < -0.4 is 4.90 Å². The molecule has 0 aliphatic carbocycles. The molecular weight excluding hydrogens is 222 g/mol. The molecule has 1 aromatic carbocycles. The van der Waals surface area contributed by atoms with Crippen molar-refractivity contribution in [2.75, 3.05) is 37.6 Å². The second kappa shape index (κ2) is 5.88. The lowest BCUT2D eigenvalue weighted by molar-refractivity contribution is 0.258. The van der Waals surface area contributed by atoms with Gasteiger partial charge in [0.2, 0.25) is 0 Å². The van der Waals surface area contributed by atoms with Crippen molar-refractivity contribution >= 4 is 5.69 Å². The number of hydrogen-bond acceptors (Lipinski definition) is 3. The Labute approximate surface area is 110 Å². The number of rotatable bonds is 3. The number of hydrogen-bond donors (Lipinski definition) is 0. The van der Waals surface area contributed by atoms with Gasteiger partial charge in [-0.05, 0) is 37.6 Å². The average molecular weight is 243 g/mol. The maximum Gasteiger partial charge on any atom is 0.101 e. The Hall–Kier alpha value is -1.53. The summed E-state index contributed by atoms with van der Waals surface area (Å²) < 4.78 is 0. The number of aryl methyl sites for hydroxylation is 1. The van der Waals surface area contributed by atoms with Gasteiger partial charge in [-0.2, -0.15) is 5.26 Å². The standard InChI is InChI=1S/C15H21N3/c1-3-6-17-7-9-18(10-8-17)15-5-4-13(2)11-14(15)12-16/h4-5,11H,3,6-10H2,1-2H3. The number of nitriles is 1. The molecule has 1 aliphatic rings. The summed E-state index contributed by atoms with van der Waals surface area (Å²) in [5.74, 6) is 0. The summed E-state index contributed by atoms with van der Waals surface area (Å²) >= 11 is 0. The van der Waals surface area contributed by atoms with Crippen LogP contribution in [0.5, 0.6) is 0 Å². The van der Waals surface area contributed by atoms with Gasteiger partial charge in [0.25, 0.3) is 0 Å². The summed E-state index contributed by atoms with van der Waals surface area (Å²) in [5.41, 5.74) is 3.05. The molecule has 0 amide bonds. The van der Waals surface area contributed by atoms with Crippen molar-refractivity contribution in [3.05, 3.63) is 29.3 Å². The van der Waals surface area contributed by atoms with Gasteiger partial charge in [0.1, 0.15) is 6.07 Å². The van der Waals surface area contributed by atoms with Crippen molar-refractivity contribution in [3.8, 4) is 6.07 Å². The molecule has 1 aromatic rings. The molecule has 1 saturated heterocycles. The first-order chi connectivity index (χ1) is 8.74. The molecular formula is C15H21N3. The third kappa shape index (κ3) is 2.83. The fraction of sp³-hybridized carbons (Fsp3) is 0.533. The highest BCUT2D eigenvalue weighted by atomic mass is 15.3. The fourth-order valence-corrected chi connectivity index (χ4v) is 2.54. The highest BCUT2D eigenvalue weighted by Gasteiger charge is 2.18. The second-order valence-corrected chi connectivity index (χ2v) is 4.96. The van der Waals surface area contributed by atoms with Gasteiger partial charge in [0.15, 0.2) is 0 Å². The third-order valence-electron chi connectivity index (χ3n) is 3.53. The molecule has 2 rings (SSSR count). The van der Waals surface area contributed by atoms with Crippen LogP contribution in [0.1, 0.15) is 24.5 Å². The van der Waals surface area contributed by atoms with Gasteiger partial charge in [-0.1, -0.05) is 13.0 Å². The number of piperazine rings is 1. The van der Waals surface area contributed by atoms with Crippen molar-refractivity contribution in [1.82, 2.24) is 4.90 Å². The molecule has 0 saturated carbocycles. The first-order valence-corrected chi connectivity index (χ1v) is 6.72. The summed E-state index contributed by atoms with van der Waals surface area (Å²) in [5, 5.41) is 9.22. The van der Waals surface area contributed by atoms with Crippen LogP contribution in [-0.2, 0) is 0 Å². The summed E-state index contributed by atoms with van der Waals surface area (Å²) in [4.78, 5) is 4.83. The molecule has 1 fully saturated rings. The molecule has 0 unspecified atom stereocenters. The van der Waals surface area contributed by atoms with Gasteiger partial charge in [0, 0.05) is 26.2 Å². The van der Waals surface area contributed by atoms with Gasteiger partial charge in [-0.3, -0.25) is 4.90 Å². The highest BCUT2D eigenvalue weighted by molar-refractivity contribution is 5.60. The maximum atomic E-state index is 9.22. The van der Waals surface area contributed by atoms with Gasteiger partial charge >= 0.3 is 0 Å². The number of anilines is 1. The molecule has 3 heteroatoms. The normalized spacial score (nSPS) is 16.6. The lowest BCUT2D eigenvalue weighted by Crippen LogP contribution is -2.46. The largest absolute Gasteiger partial charge is 0.368 e. The Morgan fingerprint density at radius 1 is 1.22 bits per heavy atom. The molecule has 0 bridgehead atoms. The van der Waals surface area contributed by atoms with E-state index in [-0.39, 0.29) is 0 Å². The van der Waals surface area contributed by atoms with E-state index in [1.165, 1.54) is 13.0 Å². The molecule has 0 aromatic heterocycles. The molecule has 96 valence electrons. The second-order valence-electron chi connectivity index (χ2n) is 4.96. The Kier molecular flexibility index (Phi) is 4.22. The van der Waals surface area contributed by atoms with Crippen LogP contribution in [-0.4, -0.2) is 37.6 Å². The SMILES string of the molecule is CCCN1CCN(c2ccc(C)cc2C#N)CC1. The Bertz CT molecular complexity index is 440. The highest BCUT2D eigenvalue weighted by Crippen LogP contribution is 2.22. The van der Waals surface area contributed by atoms with Crippen molar-refractivity contribution in [3.63, 3.8) is 0 Å². The topological polar surface area (TPSA) is 30.3 Å². The van der Waals surface area contributed by atoms with Crippen molar-refractivity contribution in [1.29, 1.82) is 5.26 Å². The zero-order valence-electron chi connectivity index (χ0n) is 11.3. The van der Waals surface area contributed by atoms with Crippen molar-refractivity contribution < 1.29 is 0 Å². The minimum atomic E-state index is 0.805. The fourth-order valence-electron chi connectivity index (χ4n) is 2.54. The van der Waals surface area contributed by atoms with Crippen LogP contribution in [0.3, 0.4) is 0 Å². The van der Waals surface area contributed by atoms with Gasteiger partial charge in [-0.15, -0.1) is 0 Å². The molecule has 1 aliphatic heterocycles. The Balaban J connectivity index is 2.08. The van der Waals surface area contributed by atoms with E-state index in [0.717, 1.165) is 43.0 Å². The predicted octanol–water partition coefficient (Wildman–Crippen LogP) is 2.40. The summed E-state index contributed by atoms with van der Waals surface area (Å²) in [6.45, 7) is 9.70. The summed E-state index contributed by atoms with van der Waals surface area (Å²) in [7, 11) is 0. The molecule has 18 heavy (non-hydrogen) atoms. The van der Waals surface area contributed by atoms with E-state index in [1.807, 2.05) is 13.0 Å². The molecule has 0 N–H and O–H groups in total. The van der Waals surface area contributed by atoms with E-state index in [4.69, 9.17) is 0 Å². The Morgan fingerprint density at radius 2 is 1.94 bits per heavy atom. The van der Waals surface area contributed by atoms with Crippen LogP contribution in [0.15, 0.2) is 18.2 Å². The molecule has 0 atom stereocenters. The zero-order chi connectivity index (χ0) is 13.0. The summed E-state index contributed by atoms with van der Waals surface area (Å²) in [6.07, 6.45) is 1.22. The lowest BCUT2D eigenvalue weighted by Gasteiger charge is -2.36. The quantitative estimate of drug-likeness (QED) is 0.816. The molecule has 0 spiro atoms. The van der Waals surface area contributed by atoms with E-state index in [0.29, 0.717) is 0 Å². The first kappa shape index (κ1) is 12.9. The molecule has 3 nitrogen and oxygen atoms in total. The third-order valence-corrected chi connectivity index (χ3v) is 3.53. The van der Waals surface area contributed by atoms with E-state index in [1.54, 1.807) is 0 Å².